The Kier molecular flexibility index (Phi) is 2.70. The number of hydrogen-bond acceptors (Lipinski definition) is 4. The number of anilines is 1. The number of nitrogens with zero attached hydrogens (tertiary/aromatic N) is 1. The molecule has 1 heterocycles. The molecule has 1 aromatic rings. The lowest BCUT2D eigenvalue weighted by molar-refractivity contribution is 0.0692. The second kappa shape index (κ2) is 3.62. The number of aromatic carboxylic acids is 1. The van der Waals surface area contributed by atoms with E-state index in [1.54, 1.807) is 0 Å². The minimum absolute atomic E-state index is 0.0394. The molecule has 0 bridgehead atoms. The molecule has 0 aromatic carbocycles. The summed E-state index contributed by atoms with van der Waals surface area (Å²) in [7, 11) is -3.49. The molecule has 0 spiro atoms. The topological polar surface area (TPSA) is 96.4 Å². The quantitative estimate of drug-likeness (QED) is 0.749. The van der Waals surface area contributed by atoms with Crippen molar-refractivity contribution in [1.29, 1.82) is 0 Å². The Bertz CT molecular complexity index is 455. The predicted molar refractivity (Wildman–Crippen MR) is 49.7 cm³/mol. The molecule has 7 heteroatoms. The van der Waals surface area contributed by atoms with Gasteiger partial charge in [0.2, 0.25) is 10.0 Å². The van der Waals surface area contributed by atoms with Gasteiger partial charge in [0, 0.05) is 6.20 Å². The van der Waals surface area contributed by atoms with E-state index in [0.29, 0.717) is 0 Å². The van der Waals surface area contributed by atoms with E-state index < -0.39 is 16.0 Å². The summed E-state index contributed by atoms with van der Waals surface area (Å²) in [6.45, 7) is 0. The minimum atomic E-state index is -3.49. The lowest BCUT2D eigenvalue weighted by Crippen LogP contribution is -2.14. The molecule has 0 atom stereocenters. The van der Waals surface area contributed by atoms with Gasteiger partial charge in [0.15, 0.2) is 5.69 Å². The first-order valence-corrected chi connectivity index (χ1v) is 5.45. The molecule has 0 aliphatic carbocycles. The lowest BCUT2D eigenvalue weighted by Gasteiger charge is -2.05. The van der Waals surface area contributed by atoms with Crippen LogP contribution >= 0.6 is 0 Å². The van der Waals surface area contributed by atoms with Gasteiger partial charge in [-0.15, -0.1) is 0 Å². The van der Waals surface area contributed by atoms with Crippen molar-refractivity contribution < 1.29 is 18.3 Å². The Morgan fingerprint density at radius 3 is 2.71 bits per heavy atom. The monoisotopic (exact) mass is 216 g/mol. The molecule has 0 radical (unpaired) electrons. The van der Waals surface area contributed by atoms with Crippen LogP contribution in [-0.4, -0.2) is 30.7 Å². The highest BCUT2D eigenvalue weighted by Crippen LogP contribution is 2.12. The number of carbonyl (C=O) groups is 1. The molecule has 14 heavy (non-hydrogen) atoms. The molecule has 6 nitrogen and oxygen atoms in total. The van der Waals surface area contributed by atoms with E-state index >= 15 is 0 Å². The third kappa shape index (κ3) is 2.70. The second-order valence-electron chi connectivity index (χ2n) is 2.58. The Morgan fingerprint density at radius 2 is 2.21 bits per heavy atom. The molecule has 1 aromatic heterocycles. The molecular weight excluding hydrogens is 208 g/mol. The number of sulfonamides is 1. The van der Waals surface area contributed by atoms with Gasteiger partial charge in [0.25, 0.3) is 0 Å². The first kappa shape index (κ1) is 10.5. The minimum Gasteiger partial charge on any atom is -0.476 e. The maximum Gasteiger partial charge on any atom is 0.356 e. The van der Waals surface area contributed by atoms with Crippen molar-refractivity contribution in [3.05, 3.63) is 24.0 Å². The fourth-order valence-electron chi connectivity index (χ4n) is 0.858. The van der Waals surface area contributed by atoms with Crippen molar-refractivity contribution in [2.75, 3.05) is 11.0 Å². The van der Waals surface area contributed by atoms with E-state index in [9.17, 15) is 13.2 Å². The molecule has 0 saturated carbocycles. The van der Waals surface area contributed by atoms with E-state index in [1.165, 1.54) is 18.3 Å². The van der Waals surface area contributed by atoms with Gasteiger partial charge in [-0.05, 0) is 12.1 Å². The van der Waals surface area contributed by atoms with E-state index in [-0.39, 0.29) is 11.4 Å². The molecular formula is C7H8N2O4S. The summed E-state index contributed by atoms with van der Waals surface area (Å²) in [5.41, 5.74) is -0.361. The van der Waals surface area contributed by atoms with Crippen LogP contribution in [0.4, 0.5) is 5.69 Å². The zero-order valence-corrected chi connectivity index (χ0v) is 8.08. The third-order valence-corrected chi connectivity index (χ3v) is 1.90. The normalized spacial score (nSPS) is 10.9. The average Bonchev–Trinajstić information content (AvgIpc) is 2.01. The van der Waals surface area contributed by atoms with Crippen LogP contribution in [0, 0.1) is 0 Å². The molecule has 0 unspecified atom stereocenters. The zero-order chi connectivity index (χ0) is 10.8. The lowest BCUT2D eigenvalue weighted by atomic mass is 10.3. The van der Waals surface area contributed by atoms with Crippen molar-refractivity contribution in [1.82, 2.24) is 4.98 Å². The van der Waals surface area contributed by atoms with Gasteiger partial charge in [-0.2, -0.15) is 0 Å². The van der Waals surface area contributed by atoms with Crippen molar-refractivity contribution in [3.63, 3.8) is 0 Å². The van der Waals surface area contributed by atoms with Crippen LogP contribution < -0.4 is 4.72 Å². The first-order valence-electron chi connectivity index (χ1n) is 3.56. The van der Waals surface area contributed by atoms with E-state index in [4.69, 9.17) is 5.11 Å². The highest BCUT2D eigenvalue weighted by molar-refractivity contribution is 7.92. The molecule has 0 saturated heterocycles. The summed E-state index contributed by atoms with van der Waals surface area (Å²) in [5.74, 6) is -1.28. The van der Waals surface area contributed by atoms with Gasteiger partial charge in [-0.1, -0.05) is 0 Å². The van der Waals surface area contributed by atoms with Crippen molar-refractivity contribution in [2.24, 2.45) is 0 Å². The van der Waals surface area contributed by atoms with Gasteiger partial charge < -0.3 is 5.11 Å². The van der Waals surface area contributed by atoms with E-state index in [2.05, 4.69) is 9.71 Å². The smallest absolute Gasteiger partial charge is 0.356 e. The zero-order valence-electron chi connectivity index (χ0n) is 7.26. The van der Waals surface area contributed by atoms with E-state index in [0.717, 1.165) is 6.26 Å². The highest BCUT2D eigenvalue weighted by atomic mass is 32.2. The van der Waals surface area contributed by atoms with Gasteiger partial charge in [-0.25, -0.2) is 18.2 Å². The van der Waals surface area contributed by atoms with Crippen LogP contribution in [0.1, 0.15) is 10.5 Å². The Balaban J connectivity index is 3.15. The molecule has 76 valence electrons. The van der Waals surface area contributed by atoms with Crippen LogP contribution in [0.2, 0.25) is 0 Å². The third-order valence-electron chi connectivity index (χ3n) is 1.31. The number of aromatic nitrogens is 1. The van der Waals surface area contributed by atoms with Crippen LogP contribution in [0.25, 0.3) is 0 Å². The van der Waals surface area contributed by atoms with Crippen molar-refractivity contribution in [3.8, 4) is 0 Å². The summed E-state index contributed by atoms with van der Waals surface area (Å²) in [5, 5.41) is 8.67. The Labute approximate surface area is 80.6 Å². The summed E-state index contributed by atoms with van der Waals surface area (Å²) < 4.78 is 23.7. The maximum atomic E-state index is 10.8. The maximum absolute atomic E-state index is 10.8. The van der Waals surface area contributed by atoms with Gasteiger partial charge in [0.05, 0.1) is 11.9 Å². The molecule has 0 aliphatic heterocycles. The fourth-order valence-corrected chi connectivity index (χ4v) is 1.42. The van der Waals surface area contributed by atoms with Gasteiger partial charge >= 0.3 is 5.97 Å². The van der Waals surface area contributed by atoms with Gasteiger partial charge in [0.1, 0.15) is 0 Å². The van der Waals surface area contributed by atoms with Crippen LogP contribution in [-0.2, 0) is 10.0 Å². The SMILES string of the molecule is CS(=O)(=O)Nc1cccnc1C(=O)O. The number of carboxylic acids is 1. The second-order valence-corrected chi connectivity index (χ2v) is 4.33. The molecule has 0 aliphatic rings. The number of carboxylic acid groups (broad SMARTS) is 1. The number of hydrogen-bond donors (Lipinski definition) is 2. The van der Waals surface area contributed by atoms with Gasteiger partial charge in [-0.3, -0.25) is 4.72 Å². The Hall–Kier alpha value is -1.63. The van der Waals surface area contributed by atoms with Crippen LogP contribution in [0.15, 0.2) is 18.3 Å². The molecule has 0 amide bonds. The summed E-state index contributed by atoms with van der Waals surface area (Å²) in [6.07, 6.45) is 2.21. The molecule has 2 N–H and O–H groups in total. The van der Waals surface area contributed by atoms with Crippen LogP contribution in [0.3, 0.4) is 0 Å². The number of rotatable bonds is 3. The summed E-state index contributed by atoms with van der Waals surface area (Å²) in [4.78, 5) is 14.1. The average molecular weight is 216 g/mol. The number of pyridine rings is 1. The highest BCUT2D eigenvalue weighted by Gasteiger charge is 2.13. The van der Waals surface area contributed by atoms with Crippen molar-refractivity contribution >= 4 is 21.7 Å². The fraction of sp³-hybridized carbons (Fsp3) is 0.143. The standard InChI is InChI=1S/C7H8N2O4S/c1-14(12,13)9-5-3-2-4-8-6(5)7(10)11/h2-4,9H,1H3,(H,10,11). The molecule has 1 rings (SSSR count). The largest absolute Gasteiger partial charge is 0.476 e. The predicted octanol–water partition coefficient (Wildman–Crippen LogP) is 0.151. The van der Waals surface area contributed by atoms with Crippen LogP contribution in [0.5, 0.6) is 0 Å². The van der Waals surface area contributed by atoms with Crippen molar-refractivity contribution in [2.45, 2.75) is 0 Å². The first-order chi connectivity index (χ1) is 6.40. The Morgan fingerprint density at radius 1 is 1.57 bits per heavy atom. The summed E-state index contributed by atoms with van der Waals surface area (Å²) >= 11 is 0. The molecule has 0 fully saturated rings. The number of nitrogens with one attached hydrogen (secondary N) is 1. The van der Waals surface area contributed by atoms with E-state index in [1.807, 2.05) is 0 Å². The summed E-state index contributed by atoms with van der Waals surface area (Å²) in [6, 6.07) is 2.78.